The van der Waals surface area contributed by atoms with E-state index in [4.69, 9.17) is 22.0 Å². The highest BCUT2D eigenvalue weighted by Crippen LogP contribution is 2.12. The maximum atomic E-state index is 10.3. The van der Waals surface area contributed by atoms with Crippen LogP contribution in [0.3, 0.4) is 0 Å². The fraction of sp³-hybridized carbons (Fsp3) is 0.125. The molecule has 1 aromatic rings. The molecule has 0 saturated heterocycles. The zero-order valence-electron chi connectivity index (χ0n) is 6.49. The minimum Gasteiger partial charge on any atom is -0.481 e. The molecule has 0 aromatic carbocycles. The summed E-state index contributed by atoms with van der Waals surface area (Å²) in [6.45, 7) is 0. The lowest BCUT2D eigenvalue weighted by Crippen LogP contribution is -2.02. The van der Waals surface area contributed by atoms with Gasteiger partial charge in [0.1, 0.15) is 11.2 Å². The van der Waals surface area contributed by atoms with Crippen LogP contribution in [0.4, 0.5) is 0 Å². The van der Waals surface area contributed by atoms with Crippen molar-refractivity contribution in [2.24, 2.45) is 0 Å². The van der Waals surface area contributed by atoms with Crippen LogP contribution in [-0.2, 0) is 11.2 Å². The first kappa shape index (κ1) is 9.49. The Kier molecular flexibility index (Phi) is 2.83. The van der Waals surface area contributed by atoms with Gasteiger partial charge in [0.2, 0.25) is 0 Å². The van der Waals surface area contributed by atoms with Crippen LogP contribution in [0.5, 0.6) is 0 Å². The quantitative estimate of drug-likeness (QED) is 0.722. The molecule has 0 amide bonds. The molecule has 0 bridgehead atoms. The lowest BCUT2D eigenvalue weighted by atomic mass is 10.2. The third-order valence-corrected chi connectivity index (χ3v) is 1.65. The first-order valence-corrected chi connectivity index (χ1v) is 3.78. The molecule has 13 heavy (non-hydrogen) atoms. The van der Waals surface area contributed by atoms with Crippen LogP contribution in [0.2, 0.25) is 5.15 Å². The Morgan fingerprint density at radius 1 is 1.69 bits per heavy atom. The Bertz CT molecular complexity index is 384. The summed E-state index contributed by atoms with van der Waals surface area (Å²) in [5.41, 5.74) is 0.590. The second-order valence-corrected chi connectivity index (χ2v) is 2.68. The molecular weight excluding hydrogens is 192 g/mol. The van der Waals surface area contributed by atoms with E-state index in [0.29, 0.717) is 5.69 Å². The van der Waals surface area contributed by atoms with E-state index in [9.17, 15) is 4.79 Å². The van der Waals surface area contributed by atoms with E-state index in [1.165, 1.54) is 12.1 Å². The number of hydrogen-bond acceptors (Lipinski definition) is 3. The zero-order chi connectivity index (χ0) is 9.84. The number of hydrogen-bond donors (Lipinski definition) is 1. The summed E-state index contributed by atoms with van der Waals surface area (Å²) in [4.78, 5) is 14.0. The minimum absolute atomic E-state index is 0.0428. The number of carbonyl (C=O) groups is 1. The van der Waals surface area contributed by atoms with Crippen molar-refractivity contribution in [3.63, 3.8) is 0 Å². The third-order valence-electron chi connectivity index (χ3n) is 1.36. The van der Waals surface area contributed by atoms with Crippen LogP contribution in [0.25, 0.3) is 0 Å². The largest absolute Gasteiger partial charge is 0.481 e. The molecule has 1 rings (SSSR count). The second-order valence-electron chi connectivity index (χ2n) is 2.32. The number of pyridine rings is 1. The molecule has 0 fully saturated rings. The number of carboxylic acids is 1. The fourth-order valence-electron chi connectivity index (χ4n) is 0.809. The average molecular weight is 197 g/mol. The third kappa shape index (κ3) is 2.42. The van der Waals surface area contributed by atoms with Crippen molar-refractivity contribution >= 4 is 17.6 Å². The number of nitriles is 1. The second kappa shape index (κ2) is 3.87. The van der Waals surface area contributed by atoms with Crippen LogP contribution >= 0.6 is 11.6 Å². The monoisotopic (exact) mass is 196 g/mol. The van der Waals surface area contributed by atoms with Crippen molar-refractivity contribution in [3.05, 3.63) is 28.5 Å². The van der Waals surface area contributed by atoms with Crippen LogP contribution < -0.4 is 0 Å². The molecule has 1 aromatic heterocycles. The summed E-state index contributed by atoms with van der Waals surface area (Å²) in [5, 5.41) is 17.0. The summed E-state index contributed by atoms with van der Waals surface area (Å²) in [7, 11) is 0. The number of halogens is 1. The molecule has 0 radical (unpaired) electrons. The van der Waals surface area contributed by atoms with E-state index >= 15 is 0 Å². The lowest BCUT2D eigenvalue weighted by molar-refractivity contribution is -0.136. The highest BCUT2D eigenvalue weighted by molar-refractivity contribution is 6.30. The Morgan fingerprint density at radius 3 is 2.85 bits per heavy atom. The predicted octanol–water partition coefficient (Wildman–Crippen LogP) is 1.23. The highest BCUT2D eigenvalue weighted by atomic mass is 35.5. The van der Waals surface area contributed by atoms with Crippen molar-refractivity contribution in [1.82, 2.24) is 4.98 Å². The molecule has 4 nitrogen and oxygen atoms in total. The van der Waals surface area contributed by atoms with Gasteiger partial charge >= 0.3 is 5.97 Å². The SMILES string of the molecule is N#Cc1ccc(CC(=O)O)nc1Cl. The molecule has 0 atom stereocenters. The van der Waals surface area contributed by atoms with Crippen molar-refractivity contribution in [1.29, 1.82) is 5.26 Å². The molecule has 66 valence electrons. The molecule has 0 unspecified atom stereocenters. The van der Waals surface area contributed by atoms with Crippen molar-refractivity contribution in [2.45, 2.75) is 6.42 Å². The van der Waals surface area contributed by atoms with Gasteiger partial charge in [0.15, 0.2) is 0 Å². The molecule has 0 aliphatic heterocycles. The molecule has 1 N–H and O–H groups in total. The van der Waals surface area contributed by atoms with Crippen LogP contribution in [0.15, 0.2) is 12.1 Å². The summed E-state index contributed by atoms with van der Waals surface area (Å²) >= 11 is 5.59. The Morgan fingerprint density at radius 2 is 2.38 bits per heavy atom. The summed E-state index contributed by atoms with van der Waals surface area (Å²) in [5.74, 6) is -0.978. The van der Waals surface area contributed by atoms with E-state index in [1.54, 1.807) is 0 Å². The fourth-order valence-corrected chi connectivity index (χ4v) is 1.02. The van der Waals surface area contributed by atoms with Crippen LogP contribution in [-0.4, -0.2) is 16.1 Å². The van der Waals surface area contributed by atoms with Gasteiger partial charge in [-0.25, -0.2) is 4.98 Å². The molecule has 0 aliphatic carbocycles. The van der Waals surface area contributed by atoms with E-state index in [1.807, 2.05) is 6.07 Å². The van der Waals surface area contributed by atoms with Gasteiger partial charge in [-0.1, -0.05) is 11.6 Å². The molecule has 0 saturated carbocycles. The van der Waals surface area contributed by atoms with Gasteiger partial charge in [-0.15, -0.1) is 0 Å². The number of aliphatic carboxylic acids is 1. The highest BCUT2D eigenvalue weighted by Gasteiger charge is 2.05. The van der Waals surface area contributed by atoms with E-state index in [0.717, 1.165) is 0 Å². The van der Waals surface area contributed by atoms with Gasteiger partial charge in [-0.3, -0.25) is 4.79 Å². The van der Waals surface area contributed by atoms with Gasteiger partial charge in [-0.05, 0) is 12.1 Å². The normalized spacial score (nSPS) is 9.23. The molecular formula is C8H5ClN2O2. The van der Waals surface area contributed by atoms with Gasteiger partial charge in [-0.2, -0.15) is 5.26 Å². The molecule has 0 aliphatic rings. The maximum Gasteiger partial charge on any atom is 0.309 e. The van der Waals surface area contributed by atoms with Crippen molar-refractivity contribution < 1.29 is 9.90 Å². The van der Waals surface area contributed by atoms with Gasteiger partial charge < -0.3 is 5.11 Å². The van der Waals surface area contributed by atoms with E-state index in [2.05, 4.69) is 4.98 Å². The minimum atomic E-state index is -0.978. The summed E-state index contributed by atoms with van der Waals surface area (Å²) in [6.07, 6.45) is -0.189. The summed E-state index contributed by atoms with van der Waals surface area (Å²) in [6, 6.07) is 4.76. The number of rotatable bonds is 2. The Hall–Kier alpha value is -1.60. The Balaban J connectivity index is 2.97. The van der Waals surface area contributed by atoms with E-state index in [-0.39, 0.29) is 17.1 Å². The topological polar surface area (TPSA) is 74.0 Å². The smallest absolute Gasteiger partial charge is 0.309 e. The van der Waals surface area contributed by atoms with Gasteiger partial charge in [0.05, 0.1) is 17.7 Å². The molecule has 5 heteroatoms. The lowest BCUT2D eigenvalue weighted by Gasteiger charge is -1.97. The molecule has 1 heterocycles. The van der Waals surface area contributed by atoms with Gasteiger partial charge in [0, 0.05) is 0 Å². The summed E-state index contributed by atoms with van der Waals surface area (Å²) < 4.78 is 0. The standard InChI is InChI=1S/C8H5ClN2O2/c9-8-5(4-10)1-2-6(11-8)3-7(12)13/h1-2H,3H2,(H,12,13). The van der Waals surface area contributed by atoms with Crippen molar-refractivity contribution in [2.75, 3.05) is 0 Å². The van der Waals surface area contributed by atoms with Gasteiger partial charge in [0.25, 0.3) is 0 Å². The zero-order valence-corrected chi connectivity index (χ0v) is 7.25. The Labute approximate surface area is 79.4 Å². The first-order chi connectivity index (χ1) is 6.13. The van der Waals surface area contributed by atoms with Crippen LogP contribution in [0.1, 0.15) is 11.3 Å². The first-order valence-electron chi connectivity index (χ1n) is 3.41. The number of nitrogens with zero attached hydrogens (tertiary/aromatic N) is 2. The number of aromatic nitrogens is 1. The maximum absolute atomic E-state index is 10.3. The van der Waals surface area contributed by atoms with Crippen LogP contribution in [0, 0.1) is 11.3 Å². The predicted molar refractivity (Wildman–Crippen MR) is 45.3 cm³/mol. The van der Waals surface area contributed by atoms with E-state index < -0.39 is 5.97 Å². The van der Waals surface area contributed by atoms with Crippen molar-refractivity contribution in [3.8, 4) is 6.07 Å². The molecule has 0 spiro atoms. The average Bonchev–Trinajstić information content (AvgIpc) is 2.03. The number of carboxylic acid groups (broad SMARTS) is 1.